The molecule has 1 aromatic carbocycles. The molecule has 1 fully saturated rings. The molecule has 168 valence electrons. The van der Waals surface area contributed by atoms with Gasteiger partial charge in [-0.25, -0.2) is 9.97 Å². The highest BCUT2D eigenvalue weighted by Crippen LogP contribution is 2.35. The average molecular weight is 449 g/mol. The monoisotopic (exact) mass is 448 g/mol. The van der Waals surface area contributed by atoms with Crippen LogP contribution in [0.25, 0.3) is 0 Å². The van der Waals surface area contributed by atoms with Crippen molar-refractivity contribution in [2.75, 3.05) is 43.7 Å². The minimum Gasteiger partial charge on any atom is -0.481 e. The number of ether oxygens (including phenoxy) is 2. The Labute approximate surface area is 187 Å². The van der Waals surface area contributed by atoms with Gasteiger partial charge in [-0.1, -0.05) is 17.7 Å². The van der Waals surface area contributed by atoms with E-state index >= 15 is 0 Å². The average Bonchev–Trinajstić information content (AvgIpc) is 2.77. The molecule has 0 spiro atoms. The number of halogens is 1. The molecule has 2 N–H and O–H groups in total. The van der Waals surface area contributed by atoms with E-state index in [0.29, 0.717) is 23.6 Å². The second-order valence-corrected chi connectivity index (χ2v) is 7.94. The maximum atomic E-state index is 11.4. The zero-order chi connectivity index (χ0) is 22.2. The van der Waals surface area contributed by atoms with Crippen LogP contribution in [0.15, 0.2) is 30.6 Å². The lowest BCUT2D eigenvalue weighted by Gasteiger charge is -2.36. The van der Waals surface area contributed by atoms with Gasteiger partial charge in [0, 0.05) is 38.8 Å². The first-order valence-corrected chi connectivity index (χ1v) is 10.8. The van der Waals surface area contributed by atoms with E-state index in [1.807, 2.05) is 18.2 Å². The number of nitrogens with one attached hydrogen (secondary N) is 1. The first-order valence-electron chi connectivity index (χ1n) is 10.5. The third kappa shape index (κ3) is 6.29. The Bertz CT molecular complexity index is 859. The molecule has 2 aromatic rings. The van der Waals surface area contributed by atoms with Crippen molar-refractivity contribution >= 4 is 34.9 Å². The van der Waals surface area contributed by atoms with Crippen LogP contribution in [0.4, 0.5) is 17.3 Å². The minimum atomic E-state index is -0.862. The van der Waals surface area contributed by atoms with E-state index in [1.54, 1.807) is 7.11 Å². The SMILES string of the molecule is CCN(c1ccc(C(COC)CC(=O)O)cc1Nc1ncc(Cl)cn1)C1CCOCC1. The number of carbonyl (C=O) groups is 1. The summed E-state index contributed by atoms with van der Waals surface area (Å²) < 4.78 is 10.8. The molecular formula is C22H29ClN4O4. The number of anilines is 3. The fraction of sp³-hybridized carbons (Fsp3) is 0.500. The van der Waals surface area contributed by atoms with Crippen LogP contribution in [0, 0.1) is 0 Å². The lowest BCUT2D eigenvalue weighted by molar-refractivity contribution is -0.137. The third-order valence-corrected chi connectivity index (χ3v) is 5.62. The number of carboxylic acid groups (broad SMARTS) is 1. The highest BCUT2D eigenvalue weighted by molar-refractivity contribution is 6.30. The zero-order valence-electron chi connectivity index (χ0n) is 17.9. The van der Waals surface area contributed by atoms with Crippen LogP contribution in [0.2, 0.25) is 5.02 Å². The summed E-state index contributed by atoms with van der Waals surface area (Å²) in [5.74, 6) is -0.701. The van der Waals surface area contributed by atoms with Gasteiger partial charge >= 0.3 is 5.97 Å². The quantitative estimate of drug-likeness (QED) is 0.561. The molecule has 0 saturated carbocycles. The fourth-order valence-electron chi connectivity index (χ4n) is 3.96. The molecule has 1 unspecified atom stereocenters. The number of aromatic nitrogens is 2. The summed E-state index contributed by atoms with van der Waals surface area (Å²) >= 11 is 5.93. The van der Waals surface area contributed by atoms with Crippen LogP contribution in [0.1, 0.15) is 37.7 Å². The van der Waals surface area contributed by atoms with Gasteiger partial charge in [0.2, 0.25) is 5.95 Å². The van der Waals surface area contributed by atoms with Gasteiger partial charge in [0.05, 0.1) is 41.8 Å². The molecule has 1 atom stereocenters. The van der Waals surface area contributed by atoms with Crippen molar-refractivity contribution < 1.29 is 19.4 Å². The fourth-order valence-corrected chi connectivity index (χ4v) is 4.06. The number of methoxy groups -OCH3 is 1. The molecule has 1 aliphatic rings. The number of nitrogens with zero attached hydrogens (tertiary/aromatic N) is 3. The first kappa shape index (κ1) is 23.2. The van der Waals surface area contributed by atoms with Crippen molar-refractivity contribution in [3.05, 3.63) is 41.2 Å². The Balaban J connectivity index is 1.99. The summed E-state index contributed by atoms with van der Waals surface area (Å²) in [6.07, 6.45) is 4.97. The number of benzene rings is 1. The van der Waals surface area contributed by atoms with E-state index in [1.165, 1.54) is 12.4 Å². The van der Waals surface area contributed by atoms with Crippen LogP contribution in [-0.2, 0) is 14.3 Å². The molecule has 0 amide bonds. The van der Waals surface area contributed by atoms with Crippen molar-refractivity contribution in [1.82, 2.24) is 9.97 Å². The van der Waals surface area contributed by atoms with Gasteiger partial charge in [0.25, 0.3) is 0 Å². The summed E-state index contributed by atoms with van der Waals surface area (Å²) in [5.41, 5.74) is 2.72. The predicted molar refractivity (Wildman–Crippen MR) is 120 cm³/mol. The van der Waals surface area contributed by atoms with E-state index in [2.05, 4.69) is 27.1 Å². The smallest absolute Gasteiger partial charge is 0.304 e. The highest BCUT2D eigenvalue weighted by atomic mass is 35.5. The van der Waals surface area contributed by atoms with E-state index < -0.39 is 5.97 Å². The molecule has 2 heterocycles. The number of hydrogen-bond acceptors (Lipinski definition) is 7. The topological polar surface area (TPSA) is 96.8 Å². The summed E-state index contributed by atoms with van der Waals surface area (Å²) in [7, 11) is 1.58. The molecule has 1 aromatic heterocycles. The molecule has 8 nitrogen and oxygen atoms in total. The summed E-state index contributed by atoms with van der Waals surface area (Å²) in [4.78, 5) is 22.2. The Morgan fingerprint density at radius 2 is 2.06 bits per heavy atom. The van der Waals surface area contributed by atoms with Crippen LogP contribution in [-0.4, -0.2) is 60.6 Å². The van der Waals surface area contributed by atoms with Crippen molar-refractivity contribution in [2.45, 2.75) is 38.1 Å². The summed E-state index contributed by atoms with van der Waals surface area (Å²) in [5, 5.41) is 13.1. The van der Waals surface area contributed by atoms with Crippen LogP contribution in [0.5, 0.6) is 0 Å². The second-order valence-electron chi connectivity index (χ2n) is 7.51. The van der Waals surface area contributed by atoms with Crippen LogP contribution >= 0.6 is 11.6 Å². The number of carboxylic acids is 1. The zero-order valence-corrected chi connectivity index (χ0v) is 18.6. The Morgan fingerprint density at radius 1 is 1.35 bits per heavy atom. The van der Waals surface area contributed by atoms with Crippen molar-refractivity contribution in [3.8, 4) is 0 Å². The third-order valence-electron chi connectivity index (χ3n) is 5.43. The van der Waals surface area contributed by atoms with Gasteiger partial charge in [-0.15, -0.1) is 0 Å². The van der Waals surface area contributed by atoms with Gasteiger partial charge in [0.15, 0.2) is 0 Å². The molecule has 1 saturated heterocycles. The van der Waals surface area contributed by atoms with Gasteiger partial charge in [-0.2, -0.15) is 0 Å². The molecule has 1 aliphatic heterocycles. The van der Waals surface area contributed by atoms with Gasteiger partial charge in [-0.3, -0.25) is 4.79 Å². The van der Waals surface area contributed by atoms with E-state index in [-0.39, 0.29) is 12.3 Å². The van der Waals surface area contributed by atoms with Crippen molar-refractivity contribution in [2.24, 2.45) is 0 Å². The molecule has 0 bridgehead atoms. The van der Waals surface area contributed by atoms with E-state index in [9.17, 15) is 9.90 Å². The standard InChI is InChI=1S/C22H29ClN4O4/c1-3-27(18-6-8-31-9-7-18)20-5-4-15(16(14-30-2)11-21(28)29)10-19(20)26-22-24-12-17(23)13-25-22/h4-5,10,12-13,16,18H,3,6-9,11,14H2,1-2H3,(H,28,29)(H,24,25,26). The number of aliphatic carboxylic acids is 1. The highest BCUT2D eigenvalue weighted by Gasteiger charge is 2.24. The van der Waals surface area contributed by atoms with Crippen LogP contribution in [0.3, 0.4) is 0 Å². The molecule has 31 heavy (non-hydrogen) atoms. The number of rotatable bonds is 10. The van der Waals surface area contributed by atoms with Gasteiger partial charge in [0.1, 0.15) is 0 Å². The van der Waals surface area contributed by atoms with Crippen molar-refractivity contribution in [1.29, 1.82) is 0 Å². The van der Waals surface area contributed by atoms with Crippen molar-refractivity contribution in [3.63, 3.8) is 0 Å². The van der Waals surface area contributed by atoms with E-state index in [4.69, 9.17) is 21.1 Å². The Morgan fingerprint density at radius 3 is 2.68 bits per heavy atom. The summed E-state index contributed by atoms with van der Waals surface area (Å²) in [6, 6.07) is 6.36. The maximum absolute atomic E-state index is 11.4. The molecule has 3 rings (SSSR count). The summed E-state index contributed by atoms with van der Waals surface area (Å²) in [6.45, 7) is 4.77. The molecule has 0 radical (unpaired) electrons. The van der Waals surface area contributed by atoms with E-state index in [0.717, 1.165) is 49.5 Å². The lowest BCUT2D eigenvalue weighted by Crippen LogP contribution is -2.39. The van der Waals surface area contributed by atoms with Crippen LogP contribution < -0.4 is 10.2 Å². The largest absolute Gasteiger partial charge is 0.481 e. The second kappa shape index (κ2) is 11.3. The normalized spacial score (nSPS) is 15.5. The number of hydrogen-bond donors (Lipinski definition) is 2. The lowest BCUT2D eigenvalue weighted by atomic mass is 9.95. The minimum absolute atomic E-state index is 0.0124. The Kier molecular flexibility index (Phi) is 8.45. The van der Waals surface area contributed by atoms with Gasteiger partial charge in [-0.05, 0) is 37.5 Å². The molecule has 0 aliphatic carbocycles. The first-order chi connectivity index (χ1) is 15.0. The van der Waals surface area contributed by atoms with Gasteiger partial charge < -0.3 is 24.8 Å². The Hall–Kier alpha value is -2.42. The molecular weight excluding hydrogens is 420 g/mol. The molecule has 9 heteroatoms. The maximum Gasteiger partial charge on any atom is 0.304 e. The predicted octanol–water partition coefficient (Wildman–Crippen LogP) is 4.08.